The SMILES string of the molecule is Clc1ccc([C](=[Zr+2])c2cccc3ccccc23)cc1.[Cl-].[Cl-].[c-]1cccc2c1c1c(c3ccccc32)-c2ccccc2C1.c1cc[cH-]c1. The van der Waals surface area contributed by atoms with Crippen molar-refractivity contribution >= 4 is 47.1 Å². The number of fused-ring (bicyclic) bond motifs is 9. The van der Waals surface area contributed by atoms with Crippen molar-refractivity contribution in [1.29, 1.82) is 0 Å². The fourth-order valence-electron chi connectivity index (χ4n) is 6.26. The first-order chi connectivity index (χ1) is 22.2. The van der Waals surface area contributed by atoms with E-state index in [0.29, 0.717) is 0 Å². The van der Waals surface area contributed by atoms with Gasteiger partial charge in [0, 0.05) is 0 Å². The third-order valence-electron chi connectivity index (χ3n) is 8.35. The number of benzene rings is 7. The second-order valence-corrected chi connectivity index (χ2v) is 12.7. The van der Waals surface area contributed by atoms with Crippen molar-refractivity contribution in [2.24, 2.45) is 0 Å². The minimum absolute atomic E-state index is 0. The Labute approximate surface area is 308 Å². The Morgan fingerprint density at radius 2 is 1.26 bits per heavy atom. The summed E-state index contributed by atoms with van der Waals surface area (Å²) in [7, 11) is 0. The van der Waals surface area contributed by atoms with E-state index in [1.165, 1.54) is 93.1 Å². The molecular weight excluding hydrogens is 714 g/mol. The zero-order chi connectivity index (χ0) is 30.6. The van der Waals surface area contributed by atoms with Gasteiger partial charge in [-0.1, -0.05) is 53.9 Å². The molecule has 9 rings (SSSR count). The molecule has 47 heavy (non-hydrogen) atoms. The molecule has 0 radical (unpaired) electrons. The Morgan fingerprint density at radius 3 is 2.00 bits per heavy atom. The van der Waals surface area contributed by atoms with Crippen molar-refractivity contribution in [2.75, 3.05) is 0 Å². The smallest absolute Gasteiger partial charge is 0.0240 e. The van der Waals surface area contributed by atoms with Gasteiger partial charge in [-0.25, -0.2) is 12.1 Å². The summed E-state index contributed by atoms with van der Waals surface area (Å²) in [6.07, 6.45) is 1.02. The number of hydrogen-bond acceptors (Lipinski definition) is 0. The third-order valence-corrected chi connectivity index (χ3v) is 9.97. The van der Waals surface area contributed by atoms with Crippen molar-refractivity contribution < 1.29 is 49.0 Å². The largest absolute Gasteiger partial charge is 1.00 e. The summed E-state index contributed by atoms with van der Waals surface area (Å²) in [5, 5.41) is 8.68. The van der Waals surface area contributed by atoms with Gasteiger partial charge in [-0.15, -0.1) is 40.6 Å². The van der Waals surface area contributed by atoms with Gasteiger partial charge >= 0.3 is 133 Å². The van der Waals surface area contributed by atoms with E-state index in [-0.39, 0.29) is 24.8 Å². The van der Waals surface area contributed by atoms with Crippen LogP contribution in [-0.2, 0) is 30.7 Å². The van der Waals surface area contributed by atoms with Gasteiger partial charge in [-0.05, 0) is 28.5 Å². The summed E-state index contributed by atoms with van der Waals surface area (Å²) in [4.78, 5) is 0. The van der Waals surface area contributed by atoms with Crippen LogP contribution in [0.1, 0.15) is 22.3 Å². The quantitative estimate of drug-likeness (QED) is 0.165. The van der Waals surface area contributed by atoms with Crippen molar-refractivity contribution in [3.8, 4) is 11.1 Å². The molecule has 0 aliphatic heterocycles. The molecule has 0 amide bonds. The molecule has 1 aliphatic rings. The van der Waals surface area contributed by atoms with Crippen LogP contribution in [0, 0.1) is 6.07 Å². The van der Waals surface area contributed by atoms with Crippen LogP contribution in [0.15, 0.2) is 164 Å². The van der Waals surface area contributed by atoms with E-state index in [4.69, 9.17) is 11.6 Å². The van der Waals surface area contributed by atoms with Crippen LogP contribution in [0.4, 0.5) is 0 Å². The van der Waals surface area contributed by atoms with Crippen LogP contribution in [0.5, 0.6) is 0 Å². The van der Waals surface area contributed by atoms with Gasteiger partial charge < -0.3 is 24.8 Å². The summed E-state index contributed by atoms with van der Waals surface area (Å²) < 4.78 is 1.36. The summed E-state index contributed by atoms with van der Waals surface area (Å²) in [6.45, 7) is 0. The van der Waals surface area contributed by atoms with E-state index in [9.17, 15) is 0 Å². The molecule has 1 aliphatic carbocycles. The predicted octanol–water partition coefficient (Wildman–Crippen LogP) is 5.39. The molecule has 0 bridgehead atoms. The van der Waals surface area contributed by atoms with E-state index in [1.807, 2.05) is 48.5 Å². The first-order valence-corrected chi connectivity index (χ1v) is 16.7. The van der Waals surface area contributed by atoms with Gasteiger partial charge in [0.15, 0.2) is 0 Å². The van der Waals surface area contributed by atoms with Crippen molar-refractivity contribution in [3.05, 3.63) is 197 Å². The molecule has 0 saturated heterocycles. The van der Waals surface area contributed by atoms with Crippen molar-refractivity contribution in [3.63, 3.8) is 0 Å². The molecule has 0 heterocycles. The topological polar surface area (TPSA) is 0 Å². The number of hydrogen-bond donors (Lipinski definition) is 0. The van der Waals surface area contributed by atoms with Crippen LogP contribution in [-0.4, -0.2) is 3.21 Å². The maximum absolute atomic E-state index is 5.96. The maximum atomic E-state index is 5.96. The van der Waals surface area contributed by atoms with Crippen LogP contribution in [0.25, 0.3) is 43.4 Å². The van der Waals surface area contributed by atoms with Gasteiger partial charge in [-0.2, -0.15) is 18.2 Å². The van der Waals surface area contributed by atoms with E-state index in [2.05, 4.69) is 121 Å². The maximum Gasteiger partial charge on any atom is -0.0240 e. The Bertz CT molecular complexity index is 2250. The van der Waals surface area contributed by atoms with Crippen molar-refractivity contribution in [2.45, 2.75) is 6.42 Å². The Morgan fingerprint density at radius 1 is 0.617 bits per heavy atom. The van der Waals surface area contributed by atoms with Gasteiger partial charge in [0.25, 0.3) is 0 Å². The van der Waals surface area contributed by atoms with E-state index in [0.717, 1.165) is 11.4 Å². The van der Waals surface area contributed by atoms with Crippen LogP contribution in [0.2, 0.25) is 5.02 Å². The molecule has 0 aromatic heterocycles. The molecule has 0 spiro atoms. The normalized spacial score (nSPS) is 10.8. The second-order valence-electron chi connectivity index (χ2n) is 11.1. The molecule has 228 valence electrons. The molecule has 8 aromatic carbocycles. The van der Waals surface area contributed by atoms with Crippen LogP contribution < -0.4 is 24.8 Å². The molecular formula is C43H29Cl3Zr-2. The van der Waals surface area contributed by atoms with Gasteiger partial charge in [0.1, 0.15) is 0 Å². The fourth-order valence-corrected chi connectivity index (χ4v) is 7.34. The predicted molar refractivity (Wildman–Crippen MR) is 189 cm³/mol. The Hall–Kier alpha value is -3.71. The van der Waals surface area contributed by atoms with Gasteiger partial charge in [-0.3, -0.25) is 0 Å². The summed E-state index contributed by atoms with van der Waals surface area (Å²) >= 11 is 7.37. The second kappa shape index (κ2) is 15.9. The molecule has 4 heteroatoms. The van der Waals surface area contributed by atoms with Gasteiger partial charge in [0.2, 0.25) is 0 Å². The fraction of sp³-hybridized carbons (Fsp3) is 0.0233. The van der Waals surface area contributed by atoms with E-state index < -0.39 is 0 Å². The minimum Gasteiger partial charge on any atom is -1.00 e. The molecule has 0 N–H and O–H groups in total. The number of halogens is 3. The Balaban J connectivity index is 0.000000156. The summed E-state index contributed by atoms with van der Waals surface area (Å²) in [6, 6.07) is 60.4. The number of rotatable bonds is 2. The molecule has 0 unspecified atom stereocenters. The zero-order valence-electron chi connectivity index (χ0n) is 25.4. The first kappa shape index (κ1) is 34.6. The zero-order valence-corrected chi connectivity index (χ0v) is 30.2. The average molecular weight is 743 g/mol. The molecule has 0 nitrogen and oxygen atoms in total. The summed E-state index contributed by atoms with van der Waals surface area (Å²) in [5.41, 5.74) is 8.24. The Kier molecular flexibility index (Phi) is 11.7. The average Bonchev–Trinajstić information content (AvgIpc) is 3.81. The molecule has 0 fully saturated rings. The first-order valence-electron chi connectivity index (χ1n) is 15.1. The minimum atomic E-state index is 0. The molecule has 8 aromatic rings. The molecule has 0 atom stereocenters. The monoisotopic (exact) mass is 740 g/mol. The van der Waals surface area contributed by atoms with Gasteiger partial charge in [0.05, 0.1) is 0 Å². The van der Waals surface area contributed by atoms with E-state index >= 15 is 0 Å². The van der Waals surface area contributed by atoms with E-state index in [1.54, 1.807) is 0 Å². The standard InChI is InChI=1S/C21H13.C17H11Cl.C5H5.2ClH.Zr/c1-2-8-15-14(7-1)13-20-18-11-4-3-9-16(18)17-10-5-6-12-19(17)21(15)20;18-16-10-8-13(9-11-16)12-15-6-3-5-14-4-1-2-7-17(14)15;1-2-4-5-3-1;;;/h1-10,12H,13H2;1-11H;1-5H;2*1H;/q-1;;-1;;;+2/p-2. The van der Waals surface area contributed by atoms with Crippen LogP contribution >= 0.6 is 11.6 Å². The third kappa shape index (κ3) is 7.25. The summed E-state index contributed by atoms with van der Waals surface area (Å²) in [5.74, 6) is 0. The van der Waals surface area contributed by atoms with Crippen molar-refractivity contribution in [1.82, 2.24) is 0 Å². The van der Waals surface area contributed by atoms with Crippen LogP contribution in [0.3, 0.4) is 0 Å². The molecule has 0 saturated carbocycles.